The first-order chi connectivity index (χ1) is 13.9. The number of para-hydroxylation sites is 1. The third-order valence-electron chi connectivity index (χ3n) is 5.18. The molecule has 0 radical (unpaired) electrons. The zero-order valence-electron chi connectivity index (χ0n) is 16.8. The Morgan fingerprint density at radius 2 is 1.79 bits per heavy atom. The molecule has 1 aliphatic rings. The van der Waals surface area contributed by atoms with Gasteiger partial charge in [0.2, 0.25) is 0 Å². The minimum atomic E-state index is -1.20. The average Bonchev–Trinajstić information content (AvgIpc) is 3.19. The number of nitrogens with one attached hydrogen (secondary N) is 1. The highest BCUT2D eigenvalue weighted by Gasteiger charge is 2.50. The van der Waals surface area contributed by atoms with Crippen LogP contribution >= 0.6 is 0 Å². The molecule has 0 saturated carbocycles. The molecule has 1 saturated heterocycles. The van der Waals surface area contributed by atoms with Gasteiger partial charge >= 0.3 is 6.03 Å². The van der Waals surface area contributed by atoms with E-state index in [9.17, 15) is 9.59 Å². The molecule has 1 aromatic heterocycles. The van der Waals surface area contributed by atoms with Crippen molar-refractivity contribution in [2.24, 2.45) is 0 Å². The summed E-state index contributed by atoms with van der Waals surface area (Å²) in [7, 11) is 0. The Morgan fingerprint density at radius 1 is 1.07 bits per heavy atom. The number of rotatable bonds is 6. The molecule has 1 aliphatic heterocycles. The van der Waals surface area contributed by atoms with Crippen LogP contribution in [-0.4, -0.2) is 30.0 Å². The molecule has 150 valence electrons. The number of benzene rings is 2. The second kappa shape index (κ2) is 7.28. The lowest BCUT2D eigenvalue weighted by Crippen LogP contribution is -2.40. The van der Waals surface area contributed by atoms with Gasteiger partial charge in [0.1, 0.15) is 17.1 Å². The molecular weight excluding hydrogens is 368 g/mol. The number of nitrogens with zero attached hydrogens (tertiary/aromatic N) is 1. The molecule has 1 unspecified atom stereocenters. The van der Waals surface area contributed by atoms with E-state index in [0.29, 0.717) is 24.4 Å². The van der Waals surface area contributed by atoms with E-state index in [2.05, 4.69) is 11.4 Å². The van der Waals surface area contributed by atoms with Gasteiger partial charge in [-0.1, -0.05) is 24.3 Å². The van der Waals surface area contributed by atoms with E-state index in [0.717, 1.165) is 22.3 Å². The molecule has 4 rings (SSSR count). The predicted octanol–water partition coefficient (Wildman–Crippen LogP) is 4.29. The number of imide groups is 1. The molecule has 3 aromatic rings. The van der Waals surface area contributed by atoms with E-state index in [1.165, 1.54) is 4.90 Å². The maximum atomic E-state index is 13.0. The number of hydrogen-bond acceptors (Lipinski definition) is 4. The van der Waals surface area contributed by atoms with E-state index < -0.39 is 11.6 Å². The van der Waals surface area contributed by atoms with Crippen LogP contribution < -0.4 is 10.1 Å². The minimum Gasteiger partial charge on any atom is -0.494 e. The minimum absolute atomic E-state index is 0.283. The summed E-state index contributed by atoms with van der Waals surface area (Å²) in [6, 6.07) is 14.9. The number of ether oxygens (including phenoxy) is 1. The van der Waals surface area contributed by atoms with Crippen LogP contribution in [0.5, 0.6) is 5.75 Å². The van der Waals surface area contributed by atoms with Gasteiger partial charge in [0.15, 0.2) is 5.54 Å². The Balaban J connectivity index is 1.41. The van der Waals surface area contributed by atoms with E-state index in [1.807, 2.05) is 50.2 Å². The summed E-state index contributed by atoms with van der Waals surface area (Å²) in [6.45, 7) is 6.42. The van der Waals surface area contributed by atoms with Crippen LogP contribution in [0.1, 0.15) is 30.2 Å². The number of furan rings is 1. The number of aryl methyl sites for hydroxylation is 2. The lowest BCUT2D eigenvalue weighted by atomic mass is 9.99. The Hall–Kier alpha value is -3.28. The second-order valence-corrected chi connectivity index (χ2v) is 7.69. The van der Waals surface area contributed by atoms with Gasteiger partial charge in [-0.15, -0.1) is 0 Å². The fraction of sp³-hybridized carbons (Fsp3) is 0.304. The summed E-state index contributed by atoms with van der Waals surface area (Å²) in [4.78, 5) is 26.7. The fourth-order valence-corrected chi connectivity index (χ4v) is 3.72. The largest absolute Gasteiger partial charge is 0.494 e. The number of carbonyl (C=O) groups is 2. The smallest absolute Gasteiger partial charge is 0.325 e. The van der Waals surface area contributed by atoms with E-state index >= 15 is 0 Å². The second-order valence-electron chi connectivity index (χ2n) is 7.69. The maximum Gasteiger partial charge on any atom is 0.325 e. The number of fused-ring (bicyclic) bond motifs is 1. The highest BCUT2D eigenvalue weighted by molar-refractivity contribution is 6.07. The number of hydrogen-bond donors (Lipinski definition) is 1. The Labute approximate surface area is 169 Å². The lowest BCUT2D eigenvalue weighted by Gasteiger charge is -2.19. The van der Waals surface area contributed by atoms with E-state index in [4.69, 9.17) is 9.15 Å². The highest BCUT2D eigenvalue weighted by atomic mass is 16.5. The van der Waals surface area contributed by atoms with Crippen molar-refractivity contribution in [3.05, 3.63) is 65.4 Å². The molecule has 2 aromatic carbocycles. The first-order valence-corrected chi connectivity index (χ1v) is 9.71. The topological polar surface area (TPSA) is 71.8 Å². The van der Waals surface area contributed by atoms with Gasteiger partial charge in [-0.05, 0) is 62.6 Å². The average molecular weight is 392 g/mol. The van der Waals surface area contributed by atoms with Gasteiger partial charge in [0.05, 0.1) is 6.61 Å². The van der Waals surface area contributed by atoms with Crippen LogP contribution in [0.15, 0.2) is 52.9 Å². The van der Waals surface area contributed by atoms with Crippen molar-refractivity contribution < 1.29 is 18.7 Å². The van der Waals surface area contributed by atoms with Crippen molar-refractivity contribution in [2.75, 3.05) is 13.2 Å². The number of urea groups is 1. The van der Waals surface area contributed by atoms with Crippen molar-refractivity contribution in [1.29, 1.82) is 0 Å². The van der Waals surface area contributed by atoms with Crippen molar-refractivity contribution >= 4 is 22.9 Å². The van der Waals surface area contributed by atoms with Gasteiger partial charge in [-0.3, -0.25) is 9.69 Å². The maximum absolute atomic E-state index is 13.0. The number of amides is 3. The summed E-state index contributed by atoms with van der Waals surface area (Å²) in [5.74, 6) is 0.922. The van der Waals surface area contributed by atoms with Crippen molar-refractivity contribution in [3.8, 4) is 5.75 Å². The van der Waals surface area contributed by atoms with Crippen molar-refractivity contribution in [2.45, 2.75) is 32.7 Å². The molecule has 0 spiro atoms. The van der Waals surface area contributed by atoms with E-state index in [1.54, 1.807) is 13.0 Å². The van der Waals surface area contributed by atoms with Gasteiger partial charge in [0, 0.05) is 11.9 Å². The molecule has 0 bridgehead atoms. The molecule has 1 fully saturated rings. The van der Waals surface area contributed by atoms with Crippen LogP contribution in [0.25, 0.3) is 11.0 Å². The van der Waals surface area contributed by atoms with Gasteiger partial charge in [-0.2, -0.15) is 0 Å². The molecule has 6 nitrogen and oxygen atoms in total. The monoisotopic (exact) mass is 392 g/mol. The molecule has 3 amide bonds. The summed E-state index contributed by atoms with van der Waals surface area (Å²) < 4.78 is 11.6. The molecular formula is C23H24N2O4. The fourth-order valence-electron chi connectivity index (χ4n) is 3.72. The Bertz CT molecular complexity index is 1030. The molecule has 6 heteroatoms. The summed E-state index contributed by atoms with van der Waals surface area (Å²) in [6.07, 6.45) is 0.544. The SMILES string of the molecule is Cc1cc(C)cc(OCCCN2C(=O)NC(C)(c3cc4ccccc4o3)C2=O)c1. The predicted molar refractivity (Wildman–Crippen MR) is 110 cm³/mol. The first kappa shape index (κ1) is 19.1. The Kier molecular flexibility index (Phi) is 4.78. The summed E-state index contributed by atoms with van der Waals surface area (Å²) in [5.41, 5.74) is 1.75. The Morgan fingerprint density at radius 3 is 2.52 bits per heavy atom. The zero-order valence-corrected chi connectivity index (χ0v) is 16.8. The van der Waals surface area contributed by atoms with Crippen LogP contribution in [0.3, 0.4) is 0 Å². The molecule has 1 N–H and O–H groups in total. The van der Waals surface area contributed by atoms with Crippen LogP contribution in [0.4, 0.5) is 4.79 Å². The normalized spacial score (nSPS) is 19.1. The highest BCUT2D eigenvalue weighted by Crippen LogP contribution is 2.33. The summed E-state index contributed by atoms with van der Waals surface area (Å²) >= 11 is 0. The third kappa shape index (κ3) is 3.58. The summed E-state index contributed by atoms with van der Waals surface area (Å²) in [5, 5.41) is 3.68. The first-order valence-electron chi connectivity index (χ1n) is 9.71. The van der Waals surface area contributed by atoms with Crippen LogP contribution in [-0.2, 0) is 10.3 Å². The van der Waals surface area contributed by atoms with E-state index in [-0.39, 0.29) is 12.5 Å². The quantitative estimate of drug-likeness (QED) is 0.502. The molecule has 1 atom stereocenters. The van der Waals surface area contributed by atoms with Gasteiger partial charge in [0.25, 0.3) is 5.91 Å². The van der Waals surface area contributed by atoms with Crippen molar-refractivity contribution in [1.82, 2.24) is 10.2 Å². The lowest BCUT2D eigenvalue weighted by molar-refractivity contribution is -0.131. The van der Waals surface area contributed by atoms with Gasteiger partial charge < -0.3 is 14.5 Å². The van der Waals surface area contributed by atoms with Crippen molar-refractivity contribution in [3.63, 3.8) is 0 Å². The van der Waals surface area contributed by atoms with Crippen LogP contribution in [0.2, 0.25) is 0 Å². The number of carbonyl (C=O) groups excluding carboxylic acids is 2. The third-order valence-corrected chi connectivity index (χ3v) is 5.18. The molecule has 29 heavy (non-hydrogen) atoms. The zero-order chi connectivity index (χ0) is 20.6. The molecule has 2 heterocycles. The van der Waals surface area contributed by atoms with Crippen LogP contribution in [0, 0.1) is 13.8 Å². The molecule has 0 aliphatic carbocycles. The van der Waals surface area contributed by atoms with Gasteiger partial charge in [-0.25, -0.2) is 4.79 Å². The standard InChI is InChI=1S/C23H24N2O4/c1-15-11-16(2)13-18(12-15)28-10-6-9-25-21(26)23(3,24-22(25)27)20-14-17-7-4-5-8-19(17)29-20/h4-5,7-8,11-14H,6,9-10H2,1-3H3,(H,24,27).